The number of rotatable bonds is 5. The van der Waals surface area contributed by atoms with E-state index in [0.29, 0.717) is 6.54 Å². The van der Waals surface area contributed by atoms with Gasteiger partial charge in [0, 0.05) is 0 Å². The van der Waals surface area contributed by atoms with E-state index in [2.05, 4.69) is 5.32 Å². The van der Waals surface area contributed by atoms with Gasteiger partial charge in [0.15, 0.2) is 11.6 Å². The highest BCUT2D eigenvalue weighted by Crippen LogP contribution is 2.26. The Labute approximate surface area is 124 Å². The van der Waals surface area contributed by atoms with E-state index in [4.69, 9.17) is 10.5 Å². The van der Waals surface area contributed by atoms with Crippen LogP contribution in [0.4, 0.5) is 4.39 Å². The van der Waals surface area contributed by atoms with E-state index in [9.17, 15) is 9.18 Å². The van der Waals surface area contributed by atoms with Crippen molar-refractivity contribution in [2.75, 3.05) is 6.54 Å². The van der Waals surface area contributed by atoms with E-state index < -0.39 is 11.4 Å². The topological polar surface area (TPSA) is 64.4 Å². The van der Waals surface area contributed by atoms with Gasteiger partial charge in [-0.05, 0) is 31.9 Å². The molecule has 0 radical (unpaired) electrons. The quantitative estimate of drug-likeness (QED) is 0.876. The van der Waals surface area contributed by atoms with Crippen molar-refractivity contribution in [3.8, 4) is 5.75 Å². The Morgan fingerprint density at radius 2 is 2.05 bits per heavy atom. The molecule has 1 fully saturated rings. The first kappa shape index (κ1) is 15.8. The standard InChI is InChI=1S/C16H23FN2O2/c1-12(21-14-8-4-3-7-13(14)17)11-19-15(20)16(18)9-5-2-6-10-16/h3-4,7-8,12H,2,5-6,9-11,18H2,1H3,(H,19,20). The summed E-state index contributed by atoms with van der Waals surface area (Å²) in [5.41, 5.74) is 5.40. The minimum Gasteiger partial charge on any atom is -0.486 e. The van der Waals surface area contributed by atoms with Gasteiger partial charge >= 0.3 is 0 Å². The molecule has 1 amide bonds. The second-order valence-corrected chi connectivity index (χ2v) is 5.79. The molecule has 5 heteroatoms. The molecule has 0 bridgehead atoms. The molecule has 0 aliphatic heterocycles. The Morgan fingerprint density at radius 3 is 2.71 bits per heavy atom. The second kappa shape index (κ2) is 6.89. The average molecular weight is 294 g/mol. The van der Waals surface area contributed by atoms with Crippen LogP contribution in [-0.2, 0) is 4.79 Å². The number of hydrogen-bond donors (Lipinski definition) is 2. The van der Waals surface area contributed by atoms with E-state index in [0.717, 1.165) is 32.1 Å². The van der Waals surface area contributed by atoms with E-state index in [1.165, 1.54) is 6.07 Å². The fourth-order valence-electron chi connectivity index (χ4n) is 2.62. The number of ether oxygens (including phenoxy) is 1. The average Bonchev–Trinajstić information content (AvgIpc) is 2.48. The number of carbonyl (C=O) groups excluding carboxylic acids is 1. The van der Waals surface area contributed by atoms with Crippen LogP contribution in [0.1, 0.15) is 39.0 Å². The first-order valence-electron chi connectivity index (χ1n) is 7.50. The number of hydrogen-bond acceptors (Lipinski definition) is 3. The van der Waals surface area contributed by atoms with Gasteiger partial charge in [-0.15, -0.1) is 0 Å². The fraction of sp³-hybridized carbons (Fsp3) is 0.562. The molecule has 0 saturated heterocycles. The third-order valence-corrected chi connectivity index (χ3v) is 3.91. The largest absolute Gasteiger partial charge is 0.486 e. The molecule has 1 aromatic carbocycles. The number of benzene rings is 1. The molecule has 1 aromatic rings. The summed E-state index contributed by atoms with van der Waals surface area (Å²) in [5, 5.41) is 2.82. The molecular formula is C16H23FN2O2. The molecule has 1 saturated carbocycles. The van der Waals surface area contributed by atoms with Gasteiger partial charge in [0.05, 0.1) is 12.1 Å². The minimum atomic E-state index is -0.754. The molecule has 1 unspecified atom stereocenters. The Kier molecular flexibility index (Phi) is 5.17. The molecular weight excluding hydrogens is 271 g/mol. The van der Waals surface area contributed by atoms with Crippen molar-refractivity contribution in [1.29, 1.82) is 0 Å². The smallest absolute Gasteiger partial charge is 0.240 e. The molecule has 1 aliphatic rings. The molecule has 21 heavy (non-hydrogen) atoms. The van der Waals surface area contributed by atoms with Crippen molar-refractivity contribution >= 4 is 5.91 Å². The number of halogens is 1. The summed E-state index contributed by atoms with van der Waals surface area (Å²) in [7, 11) is 0. The maximum absolute atomic E-state index is 13.5. The second-order valence-electron chi connectivity index (χ2n) is 5.79. The number of para-hydroxylation sites is 1. The lowest BCUT2D eigenvalue weighted by Crippen LogP contribution is -2.56. The zero-order valence-electron chi connectivity index (χ0n) is 12.4. The number of carbonyl (C=O) groups is 1. The molecule has 1 atom stereocenters. The van der Waals surface area contributed by atoms with Gasteiger partial charge in [0.25, 0.3) is 0 Å². The fourth-order valence-corrected chi connectivity index (χ4v) is 2.62. The van der Waals surface area contributed by atoms with E-state index in [1.54, 1.807) is 25.1 Å². The summed E-state index contributed by atoms with van der Waals surface area (Å²) >= 11 is 0. The zero-order valence-corrected chi connectivity index (χ0v) is 12.4. The Morgan fingerprint density at radius 1 is 1.38 bits per heavy atom. The number of nitrogens with two attached hydrogens (primary N) is 1. The predicted octanol–water partition coefficient (Wildman–Crippen LogP) is 2.37. The molecule has 4 nitrogen and oxygen atoms in total. The van der Waals surface area contributed by atoms with E-state index >= 15 is 0 Å². The van der Waals surface area contributed by atoms with Gasteiger partial charge < -0.3 is 15.8 Å². The number of amides is 1. The zero-order chi connectivity index (χ0) is 15.3. The monoisotopic (exact) mass is 294 g/mol. The van der Waals surface area contributed by atoms with Gasteiger partial charge in [-0.1, -0.05) is 31.4 Å². The first-order valence-corrected chi connectivity index (χ1v) is 7.50. The molecule has 0 spiro atoms. The van der Waals surface area contributed by atoms with Crippen LogP contribution in [-0.4, -0.2) is 24.1 Å². The van der Waals surface area contributed by atoms with E-state index in [1.807, 2.05) is 0 Å². The molecule has 0 heterocycles. The van der Waals surface area contributed by atoms with Crippen LogP contribution >= 0.6 is 0 Å². The predicted molar refractivity (Wildman–Crippen MR) is 79.5 cm³/mol. The minimum absolute atomic E-state index is 0.133. The molecule has 2 rings (SSSR count). The summed E-state index contributed by atoms with van der Waals surface area (Å²) < 4.78 is 19.0. The summed E-state index contributed by atoms with van der Waals surface area (Å²) in [6, 6.07) is 6.23. The van der Waals surface area contributed by atoms with Gasteiger partial charge in [0.2, 0.25) is 5.91 Å². The van der Waals surface area contributed by atoms with Crippen LogP contribution in [0, 0.1) is 5.82 Å². The highest BCUT2D eigenvalue weighted by molar-refractivity contribution is 5.86. The van der Waals surface area contributed by atoms with Crippen molar-refractivity contribution in [2.45, 2.75) is 50.7 Å². The van der Waals surface area contributed by atoms with Crippen molar-refractivity contribution in [3.63, 3.8) is 0 Å². The van der Waals surface area contributed by atoms with Gasteiger partial charge in [-0.25, -0.2) is 4.39 Å². The maximum atomic E-state index is 13.5. The normalized spacial score (nSPS) is 18.8. The molecule has 116 valence electrons. The SMILES string of the molecule is CC(CNC(=O)C1(N)CCCCC1)Oc1ccccc1F. The third kappa shape index (κ3) is 4.17. The Balaban J connectivity index is 1.82. The maximum Gasteiger partial charge on any atom is 0.240 e. The lowest BCUT2D eigenvalue weighted by Gasteiger charge is -2.32. The third-order valence-electron chi connectivity index (χ3n) is 3.91. The van der Waals surface area contributed by atoms with Crippen molar-refractivity contribution in [3.05, 3.63) is 30.1 Å². The van der Waals surface area contributed by atoms with Crippen LogP contribution in [0.2, 0.25) is 0 Å². The van der Waals surface area contributed by atoms with Gasteiger partial charge in [-0.3, -0.25) is 4.79 Å². The van der Waals surface area contributed by atoms with Crippen molar-refractivity contribution < 1.29 is 13.9 Å². The summed E-state index contributed by atoms with van der Waals surface area (Å²) in [6.45, 7) is 2.10. The van der Waals surface area contributed by atoms with Gasteiger partial charge in [-0.2, -0.15) is 0 Å². The van der Waals surface area contributed by atoms with E-state index in [-0.39, 0.29) is 17.8 Å². The number of nitrogens with one attached hydrogen (secondary N) is 1. The molecule has 1 aliphatic carbocycles. The van der Waals surface area contributed by atoms with Crippen molar-refractivity contribution in [2.24, 2.45) is 5.73 Å². The van der Waals surface area contributed by atoms with Gasteiger partial charge in [0.1, 0.15) is 6.10 Å². The Bertz CT molecular complexity index is 487. The first-order chi connectivity index (χ1) is 10.0. The summed E-state index contributed by atoms with van der Waals surface area (Å²) in [4.78, 5) is 12.2. The van der Waals surface area contributed by atoms with Crippen LogP contribution in [0.3, 0.4) is 0 Å². The summed E-state index contributed by atoms with van der Waals surface area (Å²) in [5.74, 6) is -0.344. The molecule has 0 aromatic heterocycles. The van der Waals surface area contributed by atoms with Crippen LogP contribution in [0.25, 0.3) is 0 Å². The van der Waals surface area contributed by atoms with Crippen LogP contribution in [0.5, 0.6) is 5.75 Å². The Hall–Kier alpha value is -1.62. The van der Waals surface area contributed by atoms with Crippen LogP contribution in [0.15, 0.2) is 24.3 Å². The molecule has 3 N–H and O–H groups in total. The lowest BCUT2D eigenvalue weighted by molar-refractivity contribution is -0.127. The lowest BCUT2D eigenvalue weighted by atomic mass is 9.82. The highest BCUT2D eigenvalue weighted by atomic mass is 19.1. The highest BCUT2D eigenvalue weighted by Gasteiger charge is 2.35. The van der Waals surface area contributed by atoms with Crippen molar-refractivity contribution in [1.82, 2.24) is 5.32 Å². The van der Waals surface area contributed by atoms with Crippen LogP contribution < -0.4 is 15.8 Å². The summed E-state index contributed by atoms with van der Waals surface area (Å²) in [6.07, 6.45) is 4.25.